The van der Waals surface area contributed by atoms with Crippen LogP contribution in [0.15, 0.2) is 53.0 Å². The van der Waals surface area contributed by atoms with Gasteiger partial charge in [-0.3, -0.25) is 0 Å². The lowest BCUT2D eigenvalue weighted by Gasteiger charge is -2.08. The number of nitrogens with two attached hydrogens (primary N) is 1. The topological polar surface area (TPSA) is 38.9 Å². The third kappa shape index (κ3) is 2.19. The molecule has 18 heavy (non-hydrogen) atoms. The van der Waals surface area contributed by atoms with Crippen molar-refractivity contribution in [1.29, 1.82) is 0 Å². The van der Waals surface area contributed by atoms with E-state index in [2.05, 4.69) is 27.0 Å². The van der Waals surface area contributed by atoms with Crippen LogP contribution >= 0.6 is 27.3 Å². The molecule has 0 amide bonds. The highest BCUT2D eigenvalue weighted by atomic mass is 79.9. The molecule has 0 saturated heterocycles. The molecule has 90 valence electrons. The largest absolute Gasteiger partial charge is 0.318 e. The Morgan fingerprint density at radius 1 is 1.11 bits per heavy atom. The zero-order valence-electron chi connectivity index (χ0n) is 9.51. The van der Waals surface area contributed by atoms with Gasteiger partial charge >= 0.3 is 0 Å². The third-order valence-corrected chi connectivity index (χ3v) is 4.40. The molecule has 0 bridgehead atoms. The van der Waals surface area contributed by atoms with Crippen LogP contribution in [0.4, 0.5) is 0 Å². The number of aromatic nitrogens is 1. The predicted octanol–water partition coefficient (Wildman–Crippen LogP) is 4.11. The Labute approximate surface area is 118 Å². The summed E-state index contributed by atoms with van der Waals surface area (Å²) in [7, 11) is 0. The Balaban J connectivity index is 2.03. The smallest absolute Gasteiger partial charge is 0.115 e. The van der Waals surface area contributed by atoms with Gasteiger partial charge in [-0.2, -0.15) is 0 Å². The average molecular weight is 319 g/mol. The molecule has 3 aromatic rings. The number of nitrogens with zero attached hydrogens (tertiary/aromatic N) is 1. The fraction of sp³-hybridized carbons (Fsp3) is 0.0714. The molecule has 2 N–H and O–H groups in total. The van der Waals surface area contributed by atoms with E-state index in [0.29, 0.717) is 0 Å². The summed E-state index contributed by atoms with van der Waals surface area (Å²) in [6, 6.07) is 16.0. The fourth-order valence-corrected chi connectivity index (χ4v) is 3.28. The minimum Gasteiger partial charge on any atom is -0.318 e. The second-order valence-electron chi connectivity index (χ2n) is 4.05. The Morgan fingerprint density at radius 2 is 1.94 bits per heavy atom. The summed E-state index contributed by atoms with van der Waals surface area (Å²) in [5, 5.41) is 0.953. The maximum atomic E-state index is 6.28. The standard InChI is InChI=1S/C14H11BrN2S/c15-10-5-3-4-9(8-10)13(16)14-17-11-6-1-2-7-12(11)18-14/h1-8,13H,16H2. The van der Waals surface area contributed by atoms with E-state index in [4.69, 9.17) is 5.73 Å². The zero-order valence-corrected chi connectivity index (χ0v) is 11.9. The summed E-state index contributed by atoms with van der Waals surface area (Å²) in [6.07, 6.45) is 0. The lowest BCUT2D eigenvalue weighted by atomic mass is 10.1. The summed E-state index contributed by atoms with van der Waals surface area (Å²) >= 11 is 5.12. The van der Waals surface area contributed by atoms with Crippen LogP contribution in [0.1, 0.15) is 16.6 Å². The van der Waals surface area contributed by atoms with E-state index >= 15 is 0 Å². The first kappa shape index (κ1) is 11.8. The Hall–Kier alpha value is -1.23. The number of rotatable bonds is 2. The molecule has 4 heteroatoms. The van der Waals surface area contributed by atoms with E-state index in [1.165, 1.54) is 4.70 Å². The molecule has 2 aromatic carbocycles. The number of hydrogen-bond donors (Lipinski definition) is 1. The SMILES string of the molecule is NC(c1cccc(Br)c1)c1nc2ccccc2s1. The minimum atomic E-state index is -0.167. The fourth-order valence-electron chi connectivity index (χ4n) is 1.87. The number of benzene rings is 2. The molecule has 1 atom stereocenters. The molecular weight excluding hydrogens is 308 g/mol. The van der Waals surface area contributed by atoms with Gasteiger partial charge in [0.15, 0.2) is 0 Å². The number of para-hydroxylation sites is 1. The van der Waals surface area contributed by atoms with Gasteiger partial charge in [0.1, 0.15) is 5.01 Å². The van der Waals surface area contributed by atoms with E-state index < -0.39 is 0 Å². The Bertz CT molecular complexity index is 660. The van der Waals surface area contributed by atoms with Crippen molar-refractivity contribution in [1.82, 2.24) is 4.98 Å². The summed E-state index contributed by atoms with van der Waals surface area (Å²) in [6.45, 7) is 0. The first-order valence-corrected chi connectivity index (χ1v) is 7.21. The van der Waals surface area contributed by atoms with Crippen molar-refractivity contribution in [2.75, 3.05) is 0 Å². The molecular formula is C14H11BrN2S. The van der Waals surface area contributed by atoms with Gasteiger partial charge in [-0.25, -0.2) is 4.98 Å². The first-order chi connectivity index (χ1) is 8.74. The number of halogens is 1. The van der Waals surface area contributed by atoms with Crippen molar-refractivity contribution in [3.63, 3.8) is 0 Å². The highest BCUT2D eigenvalue weighted by molar-refractivity contribution is 9.10. The molecule has 3 rings (SSSR count). The predicted molar refractivity (Wildman–Crippen MR) is 79.8 cm³/mol. The van der Waals surface area contributed by atoms with E-state index in [-0.39, 0.29) is 6.04 Å². The molecule has 1 heterocycles. The number of fused-ring (bicyclic) bond motifs is 1. The van der Waals surface area contributed by atoms with Crippen molar-refractivity contribution >= 4 is 37.5 Å². The zero-order chi connectivity index (χ0) is 12.5. The van der Waals surface area contributed by atoms with Crippen LogP contribution in [0, 0.1) is 0 Å². The van der Waals surface area contributed by atoms with E-state index in [1.54, 1.807) is 11.3 Å². The van der Waals surface area contributed by atoms with Gasteiger partial charge in [0, 0.05) is 4.47 Å². The monoisotopic (exact) mass is 318 g/mol. The van der Waals surface area contributed by atoms with E-state index in [0.717, 1.165) is 20.6 Å². The van der Waals surface area contributed by atoms with Gasteiger partial charge in [0.25, 0.3) is 0 Å². The van der Waals surface area contributed by atoms with Gasteiger partial charge < -0.3 is 5.73 Å². The summed E-state index contributed by atoms with van der Waals surface area (Å²) in [5.74, 6) is 0. The average Bonchev–Trinajstić information content (AvgIpc) is 2.81. The van der Waals surface area contributed by atoms with Crippen molar-refractivity contribution in [3.05, 3.63) is 63.6 Å². The van der Waals surface area contributed by atoms with Gasteiger partial charge in [-0.15, -0.1) is 11.3 Å². The van der Waals surface area contributed by atoms with Gasteiger partial charge in [0.05, 0.1) is 16.3 Å². The summed E-state index contributed by atoms with van der Waals surface area (Å²) < 4.78 is 2.22. The third-order valence-electron chi connectivity index (χ3n) is 2.78. The maximum absolute atomic E-state index is 6.28. The molecule has 1 aromatic heterocycles. The summed E-state index contributed by atoms with van der Waals surface area (Å²) in [4.78, 5) is 4.60. The molecule has 1 unspecified atom stereocenters. The highest BCUT2D eigenvalue weighted by Crippen LogP contribution is 2.29. The van der Waals surface area contributed by atoms with E-state index in [1.807, 2.05) is 42.5 Å². The van der Waals surface area contributed by atoms with Crippen LogP contribution in [-0.4, -0.2) is 4.98 Å². The van der Waals surface area contributed by atoms with Crippen molar-refractivity contribution in [2.24, 2.45) is 5.73 Å². The minimum absolute atomic E-state index is 0.167. The van der Waals surface area contributed by atoms with Crippen molar-refractivity contribution in [3.8, 4) is 0 Å². The molecule has 0 aliphatic heterocycles. The molecule has 2 nitrogen and oxygen atoms in total. The van der Waals surface area contributed by atoms with Crippen LogP contribution in [0.25, 0.3) is 10.2 Å². The molecule has 0 fully saturated rings. The number of thiazole rings is 1. The van der Waals surface area contributed by atoms with Crippen molar-refractivity contribution < 1.29 is 0 Å². The van der Waals surface area contributed by atoms with Crippen LogP contribution < -0.4 is 5.73 Å². The van der Waals surface area contributed by atoms with E-state index in [9.17, 15) is 0 Å². The molecule has 0 aliphatic rings. The molecule has 0 radical (unpaired) electrons. The summed E-state index contributed by atoms with van der Waals surface area (Å²) in [5.41, 5.74) is 8.37. The first-order valence-electron chi connectivity index (χ1n) is 5.60. The van der Waals surface area contributed by atoms with Crippen molar-refractivity contribution in [2.45, 2.75) is 6.04 Å². The lowest BCUT2D eigenvalue weighted by molar-refractivity contribution is 0.861. The van der Waals surface area contributed by atoms with Gasteiger partial charge in [0.2, 0.25) is 0 Å². The highest BCUT2D eigenvalue weighted by Gasteiger charge is 2.14. The van der Waals surface area contributed by atoms with Crippen LogP contribution in [0.2, 0.25) is 0 Å². The molecule has 0 spiro atoms. The van der Waals surface area contributed by atoms with Gasteiger partial charge in [-0.05, 0) is 29.8 Å². The van der Waals surface area contributed by atoms with Crippen LogP contribution in [0.3, 0.4) is 0 Å². The molecule has 0 aliphatic carbocycles. The number of hydrogen-bond acceptors (Lipinski definition) is 3. The second kappa shape index (κ2) is 4.80. The lowest BCUT2D eigenvalue weighted by Crippen LogP contribution is -2.11. The second-order valence-corrected chi connectivity index (χ2v) is 6.03. The quantitative estimate of drug-likeness (QED) is 0.772. The Kier molecular flexibility index (Phi) is 3.16. The normalized spacial score (nSPS) is 12.8. The molecule has 0 saturated carbocycles. The van der Waals surface area contributed by atoms with Crippen LogP contribution in [0.5, 0.6) is 0 Å². The maximum Gasteiger partial charge on any atom is 0.115 e. The van der Waals surface area contributed by atoms with Crippen LogP contribution in [-0.2, 0) is 0 Å². The van der Waals surface area contributed by atoms with Gasteiger partial charge in [-0.1, -0.05) is 40.2 Å². The Morgan fingerprint density at radius 3 is 2.72 bits per heavy atom.